The van der Waals surface area contributed by atoms with Crippen molar-refractivity contribution in [2.75, 3.05) is 19.6 Å². The molecule has 0 saturated carbocycles. The molecule has 1 fully saturated rings. The molecule has 1 aliphatic heterocycles. The molecule has 0 amide bonds. The number of aliphatic hydroxyl groups is 1. The first-order valence-electron chi connectivity index (χ1n) is 7.22. The van der Waals surface area contributed by atoms with Gasteiger partial charge in [-0.1, -0.05) is 26.0 Å². The van der Waals surface area contributed by atoms with Gasteiger partial charge in [-0.3, -0.25) is 0 Å². The number of nitrogens with zero attached hydrogens (tertiary/aromatic N) is 1. The van der Waals surface area contributed by atoms with Crippen molar-refractivity contribution < 1.29 is 9.50 Å². The largest absolute Gasteiger partial charge is 0.388 e. The van der Waals surface area contributed by atoms with Crippen LogP contribution in [0.25, 0.3) is 0 Å². The third-order valence-electron chi connectivity index (χ3n) is 4.23. The molecule has 1 aliphatic rings. The van der Waals surface area contributed by atoms with Crippen molar-refractivity contribution in [3.8, 4) is 0 Å². The number of hydrogen-bond donors (Lipinski definition) is 1. The second-order valence-corrected chi connectivity index (χ2v) is 5.95. The predicted octanol–water partition coefficient (Wildman–Crippen LogP) is 3.23. The molecule has 1 saturated heterocycles. The molecule has 1 N–H and O–H groups in total. The zero-order chi connectivity index (χ0) is 13.8. The van der Waals surface area contributed by atoms with E-state index < -0.39 is 6.10 Å². The Labute approximate surface area is 115 Å². The van der Waals surface area contributed by atoms with E-state index in [4.69, 9.17) is 0 Å². The highest BCUT2D eigenvalue weighted by molar-refractivity contribution is 5.18. The van der Waals surface area contributed by atoms with E-state index in [0.29, 0.717) is 0 Å². The molecular weight excluding hydrogens is 241 g/mol. The zero-order valence-electron chi connectivity index (χ0n) is 11.8. The van der Waals surface area contributed by atoms with Gasteiger partial charge in [0, 0.05) is 13.1 Å². The molecule has 0 aliphatic carbocycles. The van der Waals surface area contributed by atoms with Gasteiger partial charge in [0.2, 0.25) is 0 Å². The highest BCUT2D eigenvalue weighted by Crippen LogP contribution is 2.25. The second-order valence-electron chi connectivity index (χ2n) is 5.95. The van der Waals surface area contributed by atoms with Crippen molar-refractivity contribution in [3.63, 3.8) is 0 Å². The van der Waals surface area contributed by atoms with Crippen LogP contribution in [0.15, 0.2) is 24.3 Å². The van der Waals surface area contributed by atoms with Crippen LogP contribution in [0.2, 0.25) is 0 Å². The van der Waals surface area contributed by atoms with Gasteiger partial charge in [0.05, 0.1) is 6.10 Å². The Morgan fingerprint density at radius 3 is 2.58 bits per heavy atom. The van der Waals surface area contributed by atoms with Gasteiger partial charge < -0.3 is 10.0 Å². The van der Waals surface area contributed by atoms with Gasteiger partial charge >= 0.3 is 0 Å². The van der Waals surface area contributed by atoms with Crippen molar-refractivity contribution in [2.24, 2.45) is 11.8 Å². The van der Waals surface area contributed by atoms with Crippen molar-refractivity contribution in [3.05, 3.63) is 35.6 Å². The molecule has 2 unspecified atom stereocenters. The average molecular weight is 265 g/mol. The van der Waals surface area contributed by atoms with Crippen LogP contribution in [0.1, 0.15) is 38.4 Å². The first-order chi connectivity index (χ1) is 9.06. The van der Waals surface area contributed by atoms with Crippen molar-refractivity contribution in [1.82, 2.24) is 4.90 Å². The molecule has 1 heterocycles. The zero-order valence-corrected chi connectivity index (χ0v) is 11.8. The van der Waals surface area contributed by atoms with Gasteiger partial charge in [-0.25, -0.2) is 4.39 Å². The Balaban J connectivity index is 1.78. The predicted molar refractivity (Wildman–Crippen MR) is 75.4 cm³/mol. The normalized spacial score (nSPS) is 22.1. The van der Waals surface area contributed by atoms with E-state index in [0.717, 1.165) is 43.5 Å². The van der Waals surface area contributed by atoms with Gasteiger partial charge in [0.15, 0.2) is 0 Å². The van der Waals surface area contributed by atoms with E-state index in [1.165, 1.54) is 18.6 Å². The quantitative estimate of drug-likeness (QED) is 0.883. The van der Waals surface area contributed by atoms with Gasteiger partial charge in [-0.2, -0.15) is 0 Å². The van der Waals surface area contributed by atoms with Crippen LogP contribution in [0.4, 0.5) is 4.39 Å². The molecule has 19 heavy (non-hydrogen) atoms. The molecule has 2 rings (SSSR count). The first kappa shape index (κ1) is 14.5. The minimum absolute atomic E-state index is 0.254. The Hall–Kier alpha value is -0.930. The lowest BCUT2D eigenvalue weighted by Crippen LogP contribution is -2.24. The number of halogens is 1. The maximum absolute atomic E-state index is 12.8. The van der Waals surface area contributed by atoms with E-state index in [-0.39, 0.29) is 5.82 Å². The number of benzene rings is 1. The summed E-state index contributed by atoms with van der Waals surface area (Å²) in [5, 5.41) is 10.1. The van der Waals surface area contributed by atoms with Gasteiger partial charge in [-0.05, 0) is 48.9 Å². The Kier molecular flexibility index (Phi) is 4.94. The van der Waals surface area contributed by atoms with Gasteiger partial charge in [-0.15, -0.1) is 0 Å². The topological polar surface area (TPSA) is 23.5 Å². The fraction of sp³-hybridized carbons (Fsp3) is 0.625. The maximum Gasteiger partial charge on any atom is 0.123 e. The van der Waals surface area contributed by atoms with Crippen LogP contribution in [0, 0.1) is 17.7 Å². The molecule has 106 valence electrons. The molecule has 0 bridgehead atoms. The van der Waals surface area contributed by atoms with Gasteiger partial charge in [0.1, 0.15) is 5.82 Å². The summed E-state index contributed by atoms with van der Waals surface area (Å²) in [6.07, 6.45) is 1.50. The van der Waals surface area contributed by atoms with Crippen LogP contribution in [0.3, 0.4) is 0 Å². The lowest BCUT2D eigenvalue weighted by Gasteiger charge is -2.19. The summed E-state index contributed by atoms with van der Waals surface area (Å²) in [6.45, 7) is 7.76. The average Bonchev–Trinajstić information content (AvgIpc) is 2.86. The summed E-state index contributed by atoms with van der Waals surface area (Å²) >= 11 is 0. The van der Waals surface area contributed by atoms with Crippen LogP contribution in [-0.4, -0.2) is 29.6 Å². The van der Waals surface area contributed by atoms with E-state index >= 15 is 0 Å². The van der Waals surface area contributed by atoms with Crippen molar-refractivity contribution in [2.45, 2.75) is 32.8 Å². The van der Waals surface area contributed by atoms with E-state index in [1.54, 1.807) is 12.1 Å². The number of likely N-dealkylation sites (tertiary alicyclic amines) is 1. The van der Waals surface area contributed by atoms with Crippen LogP contribution >= 0.6 is 0 Å². The van der Waals surface area contributed by atoms with E-state index in [2.05, 4.69) is 18.7 Å². The summed E-state index contributed by atoms with van der Waals surface area (Å²) in [7, 11) is 0. The molecule has 3 heteroatoms. The minimum Gasteiger partial charge on any atom is -0.388 e. The molecule has 0 radical (unpaired) electrons. The molecule has 0 aromatic heterocycles. The van der Waals surface area contributed by atoms with Crippen molar-refractivity contribution in [1.29, 1.82) is 0 Å². The fourth-order valence-electron chi connectivity index (χ4n) is 2.77. The van der Waals surface area contributed by atoms with Gasteiger partial charge in [0.25, 0.3) is 0 Å². The summed E-state index contributed by atoms with van der Waals surface area (Å²) in [6, 6.07) is 6.15. The molecule has 1 aromatic carbocycles. The van der Waals surface area contributed by atoms with Crippen LogP contribution < -0.4 is 0 Å². The third-order valence-corrected chi connectivity index (χ3v) is 4.23. The second kappa shape index (κ2) is 6.49. The summed E-state index contributed by atoms with van der Waals surface area (Å²) in [4.78, 5) is 2.43. The Morgan fingerprint density at radius 2 is 2.00 bits per heavy atom. The van der Waals surface area contributed by atoms with Crippen LogP contribution in [0.5, 0.6) is 0 Å². The molecule has 2 atom stereocenters. The summed E-state index contributed by atoms with van der Waals surface area (Å²) in [5.41, 5.74) is 0.806. The monoisotopic (exact) mass is 265 g/mol. The lowest BCUT2D eigenvalue weighted by atomic mass is 9.95. The first-order valence-corrected chi connectivity index (χ1v) is 7.22. The Bertz CT molecular complexity index is 390. The highest BCUT2D eigenvalue weighted by atomic mass is 19.1. The minimum atomic E-state index is -0.487. The number of rotatable bonds is 5. The third kappa shape index (κ3) is 4.02. The number of hydrogen-bond acceptors (Lipinski definition) is 2. The molecule has 0 spiro atoms. The van der Waals surface area contributed by atoms with Crippen LogP contribution in [-0.2, 0) is 0 Å². The molecule has 2 nitrogen and oxygen atoms in total. The Morgan fingerprint density at radius 1 is 1.32 bits per heavy atom. The molecular formula is C16H24FNO. The summed E-state index contributed by atoms with van der Waals surface area (Å²) in [5.74, 6) is 1.28. The fourth-order valence-corrected chi connectivity index (χ4v) is 2.77. The number of aliphatic hydroxyl groups excluding tert-OH is 1. The highest BCUT2D eigenvalue weighted by Gasteiger charge is 2.24. The summed E-state index contributed by atoms with van der Waals surface area (Å²) < 4.78 is 12.8. The maximum atomic E-state index is 12.8. The SMILES string of the molecule is CC(C)C1CCN(CCC(O)c2ccc(F)cc2)C1. The van der Waals surface area contributed by atoms with E-state index in [9.17, 15) is 9.50 Å². The lowest BCUT2D eigenvalue weighted by molar-refractivity contribution is 0.147. The van der Waals surface area contributed by atoms with Crippen molar-refractivity contribution >= 4 is 0 Å². The standard InChI is InChI=1S/C16H24FNO/c1-12(2)14-7-9-18(11-14)10-8-16(19)13-3-5-15(17)6-4-13/h3-6,12,14,16,19H,7-11H2,1-2H3. The van der Waals surface area contributed by atoms with E-state index in [1.807, 2.05) is 0 Å². The smallest absolute Gasteiger partial charge is 0.123 e. The molecule has 1 aromatic rings.